The van der Waals surface area contributed by atoms with E-state index >= 15 is 0 Å². The van der Waals surface area contributed by atoms with Crippen LogP contribution in [0, 0.1) is 0 Å². The molecule has 7 heteroatoms. The number of benzene rings is 3. The Balaban J connectivity index is 1.38. The molecule has 6 rings (SSSR count). The van der Waals surface area contributed by atoms with E-state index in [0.717, 1.165) is 54.5 Å². The van der Waals surface area contributed by atoms with Crippen LogP contribution in [-0.2, 0) is 20.9 Å². The van der Waals surface area contributed by atoms with Crippen molar-refractivity contribution in [1.82, 2.24) is 5.32 Å². The molecule has 0 bridgehead atoms. The van der Waals surface area contributed by atoms with Gasteiger partial charge in [0.2, 0.25) is 0 Å². The molecule has 2 aliphatic carbocycles. The van der Waals surface area contributed by atoms with Crippen LogP contribution in [0.1, 0.15) is 80.4 Å². The third-order valence-electron chi connectivity index (χ3n) is 9.22. The number of Topliss-reactive ketones (excluding diaryl/α,β-unsaturated/α-hetero) is 1. The molecule has 45 heavy (non-hydrogen) atoms. The first-order chi connectivity index (χ1) is 22.0. The number of ketones is 1. The minimum atomic E-state index is -0.608. The Bertz CT molecular complexity index is 1620. The maximum atomic E-state index is 14.3. The third kappa shape index (κ3) is 6.48. The normalized spacial score (nSPS) is 20.3. The van der Waals surface area contributed by atoms with Gasteiger partial charge in [0.1, 0.15) is 18.5 Å². The topological polar surface area (TPSA) is 83.1 Å². The van der Waals surface area contributed by atoms with E-state index in [1.807, 2.05) is 79.7 Å². The van der Waals surface area contributed by atoms with Crippen LogP contribution in [-0.4, -0.2) is 32.1 Å². The fraction of sp³-hybridized carbons (Fsp3) is 0.368. The molecule has 0 unspecified atom stereocenters. The fourth-order valence-electron chi connectivity index (χ4n) is 6.95. The van der Waals surface area contributed by atoms with Gasteiger partial charge in [-0.15, -0.1) is 0 Å². The van der Waals surface area contributed by atoms with E-state index in [1.165, 1.54) is 0 Å². The number of esters is 1. The standard InChI is InChI=1S/C38H41NO6/c1-24-35(38(41)45-28-14-8-5-9-15-28)36(29-16-10-11-17-32(29)44-23-25-12-6-4-7-13-25)37-30(39-24)20-27(21-31(37)40)26-18-19-33(42-2)34(22-26)43-3/h4,6-7,10-13,16-19,22,27-28,36,39H,5,8-9,14-15,20-21,23H2,1-3H3/t27-,36+/m0/s1. The molecular weight excluding hydrogens is 566 g/mol. The van der Waals surface area contributed by atoms with E-state index in [0.29, 0.717) is 53.5 Å². The first kappa shape index (κ1) is 30.5. The van der Waals surface area contributed by atoms with Crippen LogP contribution in [0.25, 0.3) is 0 Å². The summed E-state index contributed by atoms with van der Waals surface area (Å²) in [6, 6.07) is 23.5. The highest BCUT2D eigenvalue weighted by atomic mass is 16.5. The fourth-order valence-corrected chi connectivity index (χ4v) is 6.95. The minimum absolute atomic E-state index is 0.00173. The van der Waals surface area contributed by atoms with Crippen LogP contribution in [0.5, 0.6) is 17.2 Å². The zero-order chi connectivity index (χ0) is 31.3. The maximum absolute atomic E-state index is 14.3. The predicted octanol–water partition coefficient (Wildman–Crippen LogP) is 7.52. The number of carbonyl (C=O) groups is 2. The molecule has 1 saturated carbocycles. The number of ether oxygens (including phenoxy) is 4. The second-order valence-corrected chi connectivity index (χ2v) is 12.1. The number of rotatable bonds is 9. The van der Waals surface area contributed by atoms with Gasteiger partial charge in [-0.25, -0.2) is 4.79 Å². The Morgan fingerprint density at radius 3 is 2.33 bits per heavy atom. The summed E-state index contributed by atoms with van der Waals surface area (Å²) < 4.78 is 23.5. The summed E-state index contributed by atoms with van der Waals surface area (Å²) in [5.74, 6) is 0.889. The molecule has 1 aliphatic heterocycles. The Morgan fingerprint density at radius 2 is 1.58 bits per heavy atom. The predicted molar refractivity (Wildman–Crippen MR) is 172 cm³/mol. The van der Waals surface area contributed by atoms with Crippen LogP contribution in [0.15, 0.2) is 95.3 Å². The summed E-state index contributed by atoms with van der Waals surface area (Å²) in [5, 5.41) is 3.49. The third-order valence-corrected chi connectivity index (χ3v) is 9.22. The van der Waals surface area contributed by atoms with E-state index in [2.05, 4.69) is 5.32 Å². The van der Waals surface area contributed by atoms with Crippen molar-refractivity contribution in [1.29, 1.82) is 0 Å². The summed E-state index contributed by atoms with van der Waals surface area (Å²) in [4.78, 5) is 28.3. The number of nitrogens with one attached hydrogen (secondary N) is 1. The van der Waals surface area contributed by atoms with E-state index in [9.17, 15) is 9.59 Å². The van der Waals surface area contributed by atoms with Crippen molar-refractivity contribution in [2.45, 2.75) is 76.4 Å². The molecule has 1 N–H and O–H groups in total. The van der Waals surface area contributed by atoms with Gasteiger partial charge in [0.05, 0.1) is 25.7 Å². The van der Waals surface area contributed by atoms with Crippen molar-refractivity contribution in [3.63, 3.8) is 0 Å². The molecule has 0 radical (unpaired) electrons. The van der Waals surface area contributed by atoms with Crippen molar-refractivity contribution in [2.24, 2.45) is 0 Å². The Hall–Kier alpha value is -4.52. The molecule has 7 nitrogen and oxygen atoms in total. The van der Waals surface area contributed by atoms with Gasteiger partial charge in [-0.2, -0.15) is 0 Å². The minimum Gasteiger partial charge on any atom is -0.493 e. The number of allylic oxidation sites excluding steroid dienone is 3. The van der Waals surface area contributed by atoms with Crippen molar-refractivity contribution >= 4 is 11.8 Å². The lowest BCUT2D eigenvalue weighted by molar-refractivity contribution is -0.146. The van der Waals surface area contributed by atoms with Crippen molar-refractivity contribution < 1.29 is 28.5 Å². The molecule has 0 spiro atoms. The molecule has 0 saturated heterocycles. The number of dihydropyridines is 1. The summed E-state index contributed by atoms with van der Waals surface area (Å²) in [5.41, 5.74) is 5.46. The van der Waals surface area contributed by atoms with Crippen LogP contribution < -0.4 is 19.5 Å². The van der Waals surface area contributed by atoms with Crippen molar-refractivity contribution in [2.75, 3.05) is 14.2 Å². The highest BCUT2D eigenvalue weighted by Crippen LogP contribution is 2.48. The van der Waals surface area contributed by atoms with Crippen molar-refractivity contribution in [3.05, 3.63) is 112 Å². The van der Waals surface area contributed by atoms with E-state index < -0.39 is 5.92 Å². The van der Waals surface area contributed by atoms with Crippen LogP contribution in [0.2, 0.25) is 0 Å². The van der Waals surface area contributed by atoms with E-state index in [4.69, 9.17) is 18.9 Å². The summed E-state index contributed by atoms with van der Waals surface area (Å²) in [7, 11) is 3.22. The number of hydrogen-bond donors (Lipinski definition) is 1. The summed E-state index contributed by atoms with van der Waals surface area (Å²) in [6.45, 7) is 2.28. The molecular formula is C38H41NO6. The van der Waals surface area contributed by atoms with Crippen LogP contribution in [0.3, 0.4) is 0 Å². The van der Waals surface area contributed by atoms with E-state index in [-0.39, 0.29) is 23.8 Å². The van der Waals surface area contributed by atoms with Crippen molar-refractivity contribution in [3.8, 4) is 17.2 Å². The summed E-state index contributed by atoms with van der Waals surface area (Å²) >= 11 is 0. The zero-order valence-corrected chi connectivity index (χ0v) is 26.3. The van der Waals surface area contributed by atoms with Gasteiger partial charge < -0.3 is 24.3 Å². The van der Waals surface area contributed by atoms with Gasteiger partial charge in [0, 0.05) is 29.0 Å². The molecule has 1 heterocycles. The number of para-hydroxylation sites is 1. The number of hydrogen-bond acceptors (Lipinski definition) is 7. The van der Waals surface area contributed by atoms with Gasteiger partial charge in [-0.3, -0.25) is 4.79 Å². The lowest BCUT2D eigenvalue weighted by Gasteiger charge is -2.37. The quantitative estimate of drug-likeness (QED) is 0.252. The molecule has 3 aliphatic rings. The first-order valence-corrected chi connectivity index (χ1v) is 15.9. The second kappa shape index (κ2) is 13.6. The molecule has 0 amide bonds. The zero-order valence-electron chi connectivity index (χ0n) is 26.3. The molecule has 3 aromatic carbocycles. The van der Waals surface area contributed by atoms with Gasteiger partial charge in [0.15, 0.2) is 17.3 Å². The second-order valence-electron chi connectivity index (χ2n) is 12.1. The lowest BCUT2D eigenvalue weighted by Crippen LogP contribution is -2.37. The molecule has 3 aromatic rings. The van der Waals surface area contributed by atoms with Gasteiger partial charge in [-0.1, -0.05) is 61.0 Å². The average Bonchev–Trinajstić information content (AvgIpc) is 3.07. The maximum Gasteiger partial charge on any atom is 0.337 e. The monoisotopic (exact) mass is 607 g/mol. The molecule has 0 aromatic heterocycles. The van der Waals surface area contributed by atoms with E-state index in [1.54, 1.807) is 14.2 Å². The first-order valence-electron chi connectivity index (χ1n) is 15.9. The van der Waals surface area contributed by atoms with Crippen LogP contribution >= 0.6 is 0 Å². The smallest absolute Gasteiger partial charge is 0.337 e. The number of carbonyl (C=O) groups excluding carboxylic acids is 2. The van der Waals surface area contributed by atoms with Gasteiger partial charge in [0.25, 0.3) is 0 Å². The van der Waals surface area contributed by atoms with Gasteiger partial charge >= 0.3 is 5.97 Å². The highest BCUT2D eigenvalue weighted by Gasteiger charge is 2.43. The Kier molecular flexibility index (Phi) is 9.24. The lowest BCUT2D eigenvalue weighted by atomic mass is 9.71. The average molecular weight is 608 g/mol. The van der Waals surface area contributed by atoms with Gasteiger partial charge in [-0.05, 0) is 74.3 Å². The molecule has 1 fully saturated rings. The highest BCUT2D eigenvalue weighted by molar-refractivity contribution is 6.04. The molecule has 234 valence electrons. The number of methoxy groups -OCH3 is 2. The summed E-state index contributed by atoms with van der Waals surface area (Å²) in [6.07, 6.45) is 5.82. The van der Waals surface area contributed by atoms with Crippen LogP contribution in [0.4, 0.5) is 0 Å². The largest absolute Gasteiger partial charge is 0.493 e. The molecule has 2 atom stereocenters. The Labute approximate surface area is 265 Å². The SMILES string of the molecule is COc1ccc([C@@H]2CC(=O)C3=C(C2)NC(C)=C(C(=O)OC2CCCCC2)[C@H]3c2ccccc2OCc2ccccc2)cc1OC. The Morgan fingerprint density at radius 1 is 0.844 bits per heavy atom.